The summed E-state index contributed by atoms with van der Waals surface area (Å²) in [6.07, 6.45) is 0.0890. The lowest BCUT2D eigenvalue weighted by Crippen LogP contribution is -2.50. The fraction of sp³-hybridized carbons (Fsp3) is 0.571. The lowest BCUT2D eigenvalue weighted by atomic mass is 9.99. The molecule has 1 saturated heterocycles. The summed E-state index contributed by atoms with van der Waals surface area (Å²) in [5, 5.41) is 11.3. The van der Waals surface area contributed by atoms with Crippen molar-refractivity contribution in [2.45, 2.75) is 18.6 Å². The Morgan fingerprint density at radius 1 is 1.32 bits per heavy atom. The minimum absolute atomic E-state index is 0.337. The van der Waals surface area contributed by atoms with E-state index < -0.39 is 6.10 Å². The van der Waals surface area contributed by atoms with E-state index in [1.165, 1.54) is 0 Å². The molecule has 0 spiro atoms. The van der Waals surface area contributed by atoms with Gasteiger partial charge < -0.3 is 14.9 Å². The van der Waals surface area contributed by atoms with Crippen molar-refractivity contribution in [1.82, 2.24) is 9.80 Å². The Hall–Kier alpha value is -0.320. The summed E-state index contributed by atoms with van der Waals surface area (Å²) in [5.74, 6) is 0. The van der Waals surface area contributed by atoms with Crippen LogP contribution in [0.25, 0.3) is 0 Å². The van der Waals surface area contributed by atoms with Gasteiger partial charge in [0.05, 0.1) is 16.1 Å². The highest BCUT2D eigenvalue weighted by atomic mass is 35.5. The number of hydrogen-bond donors (Lipinski definition) is 1. The summed E-state index contributed by atoms with van der Waals surface area (Å²) < 4.78 is 0. The maximum Gasteiger partial charge on any atom is 0.0820 e. The van der Waals surface area contributed by atoms with Crippen molar-refractivity contribution in [2.75, 3.05) is 33.7 Å². The third-order valence-electron chi connectivity index (χ3n) is 3.82. The van der Waals surface area contributed by atoms with E-state index in [2.05, 4.69) is 23.9 Å². The van der Waals surface area contributed by atoms with Crippen LogP contribution in [-0.4, -0.2) is 54.7 Å². The molecule has 1 aromatic carbocycles. The maximum atomic E-state index is 10.4. The minimum atomic E-state index is -0.579. The molecule has 0 bridgehead atoms. The van der Waals surface area contributed by atoms with Gasteiger partial charge in [0.15, 0.2) is 0 Å². The highest BCUT2D eigenvalue weighted by molar-refractivity contribution is 6.42. The van der Waals surface area contributed by atoms with Crippen LogP contribution in [0, 0.1) is 0 Å². The van der Waals surface area contributed by atoms with Crippen LogP contribution < -0.4 is 0 Å². The van der Waals surface area contributed by atoms with Crippen molar-refractivity contribution in [3.05, 3.63) is 33.8 Å². The highest BCUT2D eigenvalue weighted by Gasteiger charge is 2.26. The van der Waals surface area contributed by atoms with Gasteiger partial charge in [-0.25, -0.2) is 0 Å². The van der Waals surface area contributed by atoms with E-state index in [1.807, 2.05) is 12.1 Å². The van der Waals surface area contributed by atoms with E-state index in [-0.39, 0.29) is 0 Å². The molecule has 2 unspecified atom stereocenters. The largest absolute Gasteiger partial charge is 0.388 e. The summed E-state index contributed by atoms with van der Waals surface area (Å²) in [7, 11) is 4.21. The van der Waals surface area contributed by atoms with Crippen LogP contribution in [0.15, 0.2) is 18.2 Å². The molecule has 0 saturated carbocycles. The Labute approximate surface area is 124 Å². The first-order valence-electron chi connectivity index (χ1n) is 6.49. The fourth-order valence-corrected chi connectivity index (χ4v) is 2.95. The molecule has 106 valence electrons. The second-order valence-corrected chi connectivity index (χ2v) is 6.08. The summed E-state index contributed by atoms with van der Waals surface area (Å²) in [6.45, 7) is 3.06. The van der Waals surface area contributed by atoms with Gasteiger partial charge >= 0.3 is 0 Å². The molecule has 19 heavy (non-hydrogen) atoms. The van der Waals surface area contributed by atoms with E-state index in [9.17, 15) is 5.11 Å². The lowest BCUT2D eigenvalue weighted by Gasteiger charge is -2.38. The Morgan fingerprint density at radius 2 is 2.05 bits per heavy atom. The molecule has 0 radical (unpaired) electrons. The van der Waals surface area contributed by atoms with Gasteiger partial charge in [0.2, 0.25) is 0 Å². The number of rotatable bonds is 3. The van der Waals surface area contributed by atoms with Crippen LogP contribution in [0.3, 0.4) is 0 Å². The zero-order valence-electron chi connectivity index (χ0n) is 11.3. The Kier molecular flexibility index (Phi) is 5.09. The normalized spacial score (nSPS) is 23.5. The van der Waals surface area contributed by atoms with Crippen molar-refractivity contribution in [3.8, 4) is 0 Å². The molecule has 0 amide bonds. The minimum Gasteiger partial charge on any atom is -0.388 e. The predicted octanol–water partition coefficient (Wildman–Crippen LogP) is 2.66. The predicted molar refractivity (Wildman–Crippen MR) is 80.0 cm³/mol. The number of nitrogens with zero attached hydrogens (tertiary/aromatic N) is 2. The molecule has 1 aliphatic heterocycles. The quantitative estimate of drug-likeness (QED) is 0.930. The molecule has 0 aromatic heterocycles. The first-order chi connectivity index (χ1) is 8.99. The second-order valence-electron chi connectivity index (χ2n) is 5.29. The number of likely N-dealkylation sites (N-methyl/N-ethyl adjacent to an activating group) is 2. The molecule has 5 heteroatoms. The van der Waals surface area contributed by atoms with Crippen molar-refractivity contribution >= 4 is 23.2 Å². The van der Waals surface area contributed by atoms with Gasteiger partial charge in [-0.1, -0.05) is 35.3 Å². The first kappa shape index (κ1) is 15.1. The Bertz CT molecular complexity index is 441. The zero-order chi connectivity index (χ0) is 14.0. The standard InChI is InChI=1S/C14H20Cl2N2O/c1-17-6-7-18(2)10(9-17)8-13(19)11-4-3-5-12(15)14(11)16/h3-5,10,13,19H,6-9H2,1-2H3. The van der Waals surface area contributed by atoms with Gasteiger partial charge in [-0.3, -0.25) is 0 Å². The smallest absolute Gasteiger partial charge is 0.0820 e. The number of benzene rings is 1. The van der Waals surface area contributed by atoms with Gasteiger partial charge in [-0.15, -0.1) is 0 Å². The van der Waals surface area contributed by atoms with Gasteiger partial charge in [0.1, 0.15) is 0 Å². The van der Waals surface area contributed by atoms with Crippen molar-refractivity contribution in [1.29, 1.82) is 0 Å². The molecule has 1 heterocycles. The van der Waals surface area contributed by atoms with E-state index >= 15 is 0 Å². The van der Waals surface area contributed by atoms with E-state index in [0.29, 0.717) is 22.5 Å². The zero-order valence-corrected chi connectivity index (χ0v) is 12.8. The summed E-state index contributed by atoms with van der Waals surface area (Å²) >= 11 is 12.1. The van der Waals surface area contributed by atoms with Crippen molar-refractivity contribution in [2.24, 2.45) is 0 Å². The van der Waals surface area contributed by atoms with Gasteiger partial charge in [0.25, 0.3) is 0 Å². The molecule has 1 fully saturated rings. The van der Waals surface area contributed by atoms with Crippen LogP contribution in [0.2, 0.25) is 10.0 Å². The fourth-order valence-electron chi connectivity index (χ4n) is 2.52. The van der Waals surface area contributed by atoms with E-state index in [4.69, 9.17) is 23.2 Å². The van der Waals surface area contributed by atoms with Crippen molar-refractivity contribution in [3.63, 3.8) is 0 Å². The van der Waals surface area contributed by atoms with E-state index in [1.54, 1.807) is 6.07 Å². The number of aliphatic hydroxyl groups is 1. The van der Waals surface area contributed by atoms with Crippen molar-refractivity contribution < 1.29 is 5.11 Å². The van der Waals surface area contributed by atoms with Gasteiger partial charge in [0, 0.05) is 31.2 Å². The summed E-state index contributed by atoms with van der Waals surface area (Å²) in [5.41, 5.74) is 0.718. The number of aliphatic hydroxyl groups excluding tert-OH is 1. The average molecular weight is 303 g/mol. The Balaban J connectivity index is 2.07. The molecule has 0 aliphatic carbocycles. The van der Waals surface area contributed by atoms with Gasteiger partial charge in [-0.2, -0.15) is 0 Å². The highest BCUT2D eigenvalue weighted by Crippen LogP contribution is 2.32. The number of piperazine rings is 1. The lowest BCUT2D eigenvalue weighted by molar-refractivity contribution is 0.0635. The number of hydrogen-bond acceptors (Lipinski definition) is 3. The molecular formula is C14H20Cl2N2O. The second kappa shape index (κ2) is 6.42. The molecule has 1 aliphatic rings. The maximum absolute atomic E-state index is 10.4. The van der Waals surface area contributed by atoms with Crippen LogP contribution >= 0.6 is 23.2 Å². The molecule has 1 N–H and O–H groups in total. The van der Waals surface area contributed by atoms with E-state index in [0.717, 1.165) is 25.2 Å². The Morgan fingerprint density at radius 3 is 2.79 bits per heavy atom. The van der Waals surface area contributed by atoms with Gasteiger partial charge in [-0.05, 0) is 26.6 Å². The van der Waals surface area contributed by atoms with Crippen LogP contribution in [-0.2, 0) is 0 Å². The first-order valence-corrected chi connectivity index (χ1v) is 7.25. The van der Waals surface area contributed by atoms with Crippen LogP contribution in [0.4, 0.5) is 0 Å². The molecule has 3 nitrogen and oxygen atoms in total. The SMILES string of the molecule is CN1CCN(C)C(CC(O)c2cccc(Cl)c2Cl)C1. The monoisotopic (exact) mass is 302 g/mol. The average Bonchev–Trinajstić information content (AvgIpc) is 2.37. The third-order valence-corrected chi connectivity index (χ3v) is 4.65. The van der Waals surface area contributed by atoms with Crippen LogP contribution in [0.1, 0.15) is 18.1 Å². The number of halogens is 2. The van der Waals surface area contributed by atoms with Crippen LogP contribution in [0.5, 0.6) is 0 Å². The molecular weight excluding hydrogens is 283 g/mol. The molecule has 2 atom stereocenters. The summed E-state index contributed by atoms with van der Waals surface area (Å²) in [4.78, 5) is 4.58. The topological polar surface area (TPSA) is 26.7 Å². The molecule has 2 rings (SSSR count). The third kappa shape index (κ3) is 3.61. The summed E-state index contributed by atoms with van der Waals surface area (Å²) in [6, 6.07) is 5.74. The molecule has 1 aromatic rings.